The Kier molecular flexibility index (Phi) is 6.13. The Morgan fingerprint density at radius 2 is 1.89 bits per heavy atom. The molecule has 0 aliphatic heterocycles. The minimum absolute atomic E-state index is 1.15. The van der Waals surface area contributed by atoms with E-state index in [-0.39, 0.29) is 0 Å². The summed E-state index contributed by atoms with van der Waals surface area (Å²) >= 11 is 0. The minimum atomic E-state index is -1.36. The monoisotopic (exact) mass is 258 g/mol. The maximum Gasteiger partial charge on any atom is 0.0849 e. The van der Waals surface area contributed by atoms with E-state index in [9.17, 15) is 0 Å². The summed E-state index contributed by atoms with van der Waals surface area (Å²) in [6.45, 7) is 11.3. The Balaban J connectivity index is 2.55. The van der Waals surface area contributed by atoms with Crippen molar-refractivity contribution in [3.63, 3.8) is 0 Å². The summed E-state index contributed by atoms with van der Waals surface area (Å²) in [5.41, 5.74) is 1.28. The molecular formula is C17H26Si. The van der Waals surface area contributed by atoms with E-state index in [4.69, 9.17) is 0 Å². The first-order chi connectivity index (χ1) is 8.56. The van der Waals surface area contributed by atoms with Crippen LogP contribution in [0.1, 0.15) is 26.2 Å². The summed E-state index contributed by atoms with van der Waals surface area (Å²) in [5, 5.41) is 1.52. The second kappa shape index (κ2) is 7.37. The van der Waals surface area contributed by atoms with Gasteiger partial charge in [-0.15, -0.1) is 0 Å². The molecule has 0 saturated heterocycles. The van der Waals surface area contributed by atoms with E-state index >= 15 is 0 Å². The van der Waals surface area contributed by atoms with Gasteiger partial charge in [0.05, 0.1) is 8.07 Å². The first-order valence-corrected chi connectivity index (χ1v) is 10.2. The van der Waals surface area contributed by atoms with Crippen molar-refractivity contribution < 1.29 is 0 Å². The van der Waals surface area contributed by atoms with Gasteiger partial charge in [0.2, 0.25) is 0 Å². The second-order valence-corrected chi connectivity index (χ2v) is 10.3. The summed E-state index contributed by atoms with van der Waals surface area (Å²) in [4.78, 5) is 0. The van der Waals surface area contributed by atoms with Crippen molar-refractivity contribution >= 4 is 13.3 Å². The molecule has 0 aromatic heterocycles. The fourth-order valence-corrected chi connectivity index (χ4v) is 4.74. The summed E-state index contributed by atoms with van der Waals surface area (Å²) < 4.78 is 0. The van der Waals surface area contributed by atoms with Crippen LogP contribution in [0, 0.1) is 0 Å². The van der Waals surface area contributed by atoms with Crippen molar-refractivity contribution in [2.24, 2.45) is 0 Å². The highest BCUT2D eigenvalue weighted by atomic mass is 28.3. The number of hydrogen-bond acceptors (Lipinski definition) is 0. The van der Waals surface area contributed by atoms with Crippen molar-refractivity contribution in [3.05, 3.63) is 54.6 Å². The average Bonchev–Trinajstić information content (AvgIpc) is 2.35. The summed E-state index contributed by atoms with van der Waals surface area (Å²) in [6.07, 6.45) is 8.24. The van der Waals surface area contributed by atoms with Gasteiger partial charge in [-0.05, 0) is 12.5 Å². The van der Waals surface area contributed by atoms with Gasteiger partial charge in [-0.2, -0.15) is 0 Å². The van der Waals surface area contributed by atoms with Gasteiger partial charge in [-0.3, -0.25) is 0 Å². The van der Waals surface area contributed by atoms with Crippen LogP contribution >= 0.6 is 0 Å². The molecular weight excluding hydrogens is 232 g/mol. The molecule has 0 aliphatic rings. The zero-order valence-electron chi connectivity index (χ0n) is 12.1. The summed E-state index contributed by atoms with van der Waals surface area (Å²) in [6, 6.07) is 12.1. The van der Waals surface area contributed by atoms with Gasteiger partial charge in [0, 0.05) is 0 Å². The maximum atomic E-state index is 4.21. The van der Waals surface area contributed by atoms with E-state index < -0.39 is 8.07 Å². The van der Waals surface area contributed by atoms with E-state index in [1.807, 2.05) is 0 Å². The number of rotatable bonds is 7. The first kappa shape index (κ1) is 15.0. The fraction of sp³-hybridized carbons (Fsp3) is 0.412. The fourth-order valence-electron chi connectivity index (χ4n) is 2.19. The van der Waals surface area contributed by atoms with Crippen LogP contribution in [0.3, 0.4) is 0 Å². The van der Waals surface area contributed by atoms with Gasteiger partial charge in [-0.1, -0.05) is 92.7 Å². The van der Waals surface area contributed by atoms with Crippen LogP contribution < -0.4 is 5.19 Å². The van der Waals surface area contributed by atoms with Crippen molar-refractivity contribution in [3.8, 4) is 0 Å². The number of unbranched alkanes of at least 4 members (excludes halogenated alkanes) is 2. The van der Waals surface area contributed by atoms with E-state index in [0.717, 1.165) is 6.04 Å². The predicted molar refractivity (Wildman–Crippen MR) is 86.2 cm³/mol. The molecule has 1 aromatic carbocycles. The Bertz CT molecular complexity index is 387. The topological polar surface area (TPSA) is 0 Å². The van der Waals surface area contributed by atoms with E-state index in [2.05, 4.69) is 69.1 Å². The van der Waals surface area contributed by atoms with Gasteiger partial charge in [0.1, 0.15) is 0 Å². The zero-order chi connectivity index (χ0) is 13.4. The molecule has 0 radical (unpaired) electrons. The van der Waals surface area contributed by atoms with Gasteiger partial charge in [0.15, 0.2) is 0 Å². The SMILES string of the molecule is C=C(/C=C/CCCC)C[Si](C)(C)c1ccccc1. The van der Waals surface area contributed by atoms with Crippen molar-refractivity contribution in [2.45, 2.75) is 45.3 Å². The Hall–Kier alpha value is -1.08. The largest absolute Gasteiger partial charge is 0.0961 e. The number of hydrogen-bond donors (Lipinski definition) is 0. The quantitative estimate of drug-likeness (QED) is 0.370. The van der Waals surface area contributed by atoms with E-state index in [0.29, 0.717) is 0 Å². The predicted octanol–water partition coefficient (Wildman–Crippen LogP) is 4.90. The molecule has 1 aromatic rings. The van der Waals surface area contributed by atoms with Crippen LogP contribution in [0.2, 0.25) is 19.1 Å². The van der Waals surface area contributed by atoms with Gasteiger partial charge in [-0.25, -0.2) is 0 Å². The average molecular weight is 258 g/mol. The maximum absolute atomic E-state index is 4.21. The molecule has 98 valence electrons. The van der Waals surface area contributed by atoms with E-state index in [1.54, 1.807) is 0 Å². The van der Waals surface area contributed by atoms with E-state index in [1.165, 1.54) is 30.0 Å². The van der Waals surface area contributed by atoms with Gasteiger partial charge in [0.25, 0.3) is 0 Å². The van der Waals surface area contributed by atoms with Crippen molar-refractivity contribution in [2.75, 3.05) is 0 Å². The highest BCUT2D eigenvalue weighted by Crippen LogP contribution is 2.16. The molecule has 0 spiro atoms. The Morgan fingerprint density at radius 1 is 1.22 bits per heavy atom. The molecule has 0 unspecified atom stereocenters. The highest BCUT2D eigenvalue weighted by molar-refractivity contribution is 6.90. The third-order valence-corrected chi connectivity index (χ3v) is 6.54. The molecule has 0 saturated carbocycles. The molecule has 18 heavy (non-hydrogen) atoms. The Morgan fingerprint density at radius 3 is 2.50 bits per heavy atom. The minimum Gasteiger partial charge on any atom is -0.0961 e. The molecule has 0 fully saturated rings. The molecule has 0 atom stereocenters. The second-order valence-electron chi connectivity index (χ2n) is 5.63. The number of benzene rings is 1. The zero-order valence-corrected chi connectivity index (χ0v) is 13.1. The molecule has 0 N–H and O–H groups in total. The van der Waals surface area contributed by atoms with Gasteiger partial charge < -0.3 is 0 Å². The third-order valence-electron chi connectivity index (χ3n) is 3.30. The number of allylic oxidation sites excluding steroid dienone is 3. The van der Waals surface area contributed by atoms with Crippen LogP contribution in [-0.2, 0) is 0 Å². The summed E-state index contributed by atoms with van der Waals surface area (Å²) in [5.74, 6) is 0. The lowest BCUT2D eigenvalue weighted by Crippen LogP contribution is -2.41. The van der Waals surface area contributed by atoms with Crippen LogP contribution in [0.4, 0.5) is 0 Å². The van der Waals surface area contributed by atoms with Crippen LogP contribution in [-0.4, -0.2) is 8.07 Å². The van der Waals surface area contributed by atoms with Gasteiger partial charge >= 0.3 is 0 Å². The van der Waals surface area contributed by atoms with Crippen LogP contribution in [0.15, 0.2) is 54.6 Å². The smallest absolute Gasteiger partial charge is 0.0849 e. The molecule has 0 aliphatic carbocycles. The molecule has 1 heteroatoms. The van der Waals surface area contributed by atoms with Crippen molar-refractivity contribution in [1.82, 2.24) is 0 Å². The summed E-state index contributed by atoms with van der Waals surface area (Å²) in [7, 11) is -1.36. The molecule has 0 heterocycles. The molecule has 0 bridgehead atoms. The van der Waals surface area contributed by atoms with Crippen molar-refractivity contribution in [1.29, 1.82) is 0 Å². The lowest BCUT2D eigenvalue weighted by Gasteiger charge is -2.23. The molecule has 0 nitrogen and oxygen atoms in total. The normalized spacial score (nSPS) is 11.9. The molecule has 0 amide bonds. The lowest BCUT2D eigenvalue weighted by atomic mass is 10.2. The molecule has 1 rings (SSSR count). The first-order valence-electron chi connectivity index (χ1n) is 6.96. The lowest BCUT2D eigenvalue weighted by molar-refractivity contribution is 0.814. The Labute approximate surface area is 113 Å². The third kappa shape index (κ3) is 5.05. The standard InChI is InChI=1S/C17H26Si/c1-5-6-7-9-12-16(2)15-18(3,4)17-13-10-8-11-14-17/h8-14H,2,5-7,15H2,1,3-4H3/b12-9+. The highest BCUT2D eigenvalue weighted by Gasteiger charge is 2.23. The van der Waals surface area contributed by atoms with Crippen LogP contribution in [0.25, 0.3) is 0 Å². The van der Waals surface area contributed by atoms with Crippen LogP contribution in [0.5, 0.6) is 0 Å².